The van der Waals surface area contributed by atoms with Crippen molar-refractivity contribution < 1.29 is 9.31 Å². The maximum absolute atomic E-state index is 6.40. The molecule has 0 saturated carbocycles. The summed E-state index contributed by atoms with van der Waals surface area (Å²) in [7, 11) is -0.387. The molecule has 2 aliphatic carbocycles. The van der Waals surface area contributed by atoms with Gasteiger partial charge in [0.25, 0.3) is 0 Å². The Hall–Kier alpha value is -15.3. The molecule has 0 atom stereocenters. The molecule has 0 radical (unpaired) electrons. The van der Waals surface area contributed by atoms with Crippen molar-refractivity contribution >= 4 is 87.2 Å². The van der Waals surface area contributed by atoms with Crippen LogP contribution in [0.1, 0.15) is 72.2 Å². The number of halogens is 1. The van der Waals surface area contributed by atoms with E-state index in [4.69, 9.17) is 40.8 Å². The maximum atomic E-state index is 6.40. The highest BCUT2D eigenvalue weighted by atomic mass is 35.5. The molecule has 1 fully saturated rings. The molecule has 3 aliphatic rings. The van der Waals surface area contributed by atoms with Crippen molar-refractivity contribution in [2.75, 3.05) is 0 Å². The normalized spacial score (nSPS) is 13.9. The Balaban J connectivity index is 0.000000122. The van der Waals surface area contributed by atoms with E-state index in [9.17, 15) is 0 Å². The van der Waals surface area contributed by atoms with E-state index in [1.807, 2.05) is 95.5 Å². The Morgan fingerprint density at radius 1 is 0.216 bits per heavy atom. The molecule has 0 amide bonds. The molecular formula is C122H86BClN6O2S2. The van der Waals surface area contributed by atoms with E-state index in [0.717, 1.165) is 66.7 Å². The van der Waals surface area contributed by atoms with Crippen molar-refractivity contribution in [2.45, 2.75) is 49.7 Å². The minimum absolute atomic E-state index is 0.178. The second kappa shape index (κ2) is 34.4. The van der Waals surface area contributed by atoms with Gasteiger partial charge in [0.05, 0.1) is 22.0 Å². The average Bonchev–Trinajstić information content (AvgIpc) is 1.53. The molecule has 1 saturated heterocycles. The zero-order valence-electron chi connectivity index (χ0n) is 74.0. The first-order chi connectivity index (χ1) is 65.8. The van der Waals surface area contributed by atoms with Gasteiger partial charge in [0.15, 0.2) is 29.1 Å². The molecule has 8 nitrogen and oxygen atoms in total. The molecule has 25 rings (SSSR count). The fraction of sp³-hybridized carbons (Fsp3) is 0.0656. The SMILES string of the molecule is CC1(C)OB(c2ccc(C3(c4ccc5sc6ccccc6c5c4)c4ccccc4-c4ccccc43)cc2)OC1(C)C.Clc1nc(-c2ccc(-c3ccccc3)cc2)nc(-c2cccc(-c3ccccc3)c2)n1.c1ccc(-c2ccc(-c3nc(-c4ccc(C5(c6ccc7sc8ccccc8c7c6)c6ccccc6-c6ccccc65)cc4)nc(-c4cccc(-c5ccccc5)c4)n3)cc2)cc1. The summed E-state index contributed by atoms with van der Waals surface area (Å²) in [5.74, 6) is 3.00. The zero-order chi connectivity index (χ0) is 90.1. The minimum atomic E-state index is -0.545. The predicted molar refractivity (Wildman–Crippen MR) is 556 cm³/mol. The van der Waals surface area contributed by atoms with Gasteiger partial charge in [-0.2, -0.15) is 9.97 Å². The van der Waals surface area contributed by atoms with Gasteiger partial charge in [0.2, 0.25) is 5.28 Å². The molecule has 134 heavy (non-hydrogen) atoms. The van der Waals surface area contributed by atoms with Crippen molar-refractivity contribution in [1.82, 2.24) is 29.9 Å². The lowest BCUT2D eigenvalue weighted by Gasteiger charge is -2.34. The van der Waals surface area contributed by atoms with Crippen LogP contribution in [0.2, 0.25) is 5.28 Å². The van der Waals surface area contributed by atoms with Crippen LogP contribution in [0.25, 0.3) is 164 Å². The number of nitrogens with zero attached hydrogens (tertiary/aromatic N) is 6. The highest BCUT2D eigenvalue weighted by Gasteiger charge is 2.53. The molecule has 4 aromatic heterocycles. The van der Waals surface area contributed by atoms with Gasteiger partial charge in [-0.05, 0) is 205 Å². The first-order valence-corrected chi connectivity index (χ1v) is 47.4. The molecule has 1 aliphatic heterocycles. The number of hydrogen-bond donors (Lipinski definition) is 0. The number of rotatable bonds is 14. The summed E-state index contributed by atoms with van der Waals surface area (Å²) < 4.78 is 18.0. The smallest absolute Gasteiger partial charge is 0.399 e. The minimum Gasteiger partial charge on any atom is -0.399 e. The standard InChI is InChI=1S/C58H37N3S.C37H31BO2S.C27H18ClN3/c1-3-14-38(15-4-1)40-26-28-41(29-27-40)55-59-56(61-57(60-55)44-19-13-18-43(36-44)39-16-5-2-6-17-39)42-30-32-45(33-31-42)58(51-23-10-7-20-47(51)48-21-8-11-24-52(48)58)46-34-35-54-50(37-46)49-22-9-12-25-53(49)62-54;1-35(2)36(3,4)40-38(39-35)26-20-17-24(18-21-26)37(31-14-8-5-11-27(31)28-12-6-9-15-32(28)37)25-19-22-34-30(23-25)29-13-7-10-16-33(29)41-34;28-27-30-25(22-16-14-21(15-17-22)19-8-3-1-4-9-19)29-26(31-27)24-13-7-12-23(18-24)20-10-5-2-6-11-20/h1-37H;5-23H,1-4H3;1-18H. The monoisotopic (exact) mass is 1780 g/mol. The summed E-state index contributed by atoms with van der Waals surface area (Å²) >= 11 is 10.00. The lowest BCUT2D eigenvalue weighted by atomic mass is 9.66. The van der Waals surface area contributed by atoms with Crippen LogP contribution in [-0.4, -0.2) is 48.2 Å². The summed E-state index contributed by atoms with van der Waals surface area (Å²) in [5, 5.41) is 5.40. The topological polar surface area (TPSA) is 95.8 Å². The quantitative estimate of drug-likeness (QED) is 0.0994. The van der Waals surface area contributed by atoms with E-state index in [-0.39, 0.29) is 23.6 Å². The summed E-state index contributed by atoms with van der Waals surface area (Å²) in [5.41, 5.74) is 28.3. The third-order valence-electron chi connectivity index (χ3n) is 27.2. The van der Waals surface area contributed by atoms with Crippen molar-refractivity contribution in [1.29, 1.82) is 0 Å². The van der Waals surface area contributed by atoms with Gasteiger partial charge in [-0.15, -0.1) is 22.7 Å². The fourth-order valence-electron chi connectivity index (χ4n) is 19.9. The van der Waals surface area contributed by atoms with E-state index in [1.165, 1.54) is 118 Å². The van der Waals surface area contributed by atoms with Crippen molar-refractivity contribution in [2.24, 2.45) is 0 Å². The predicted octanol–water partition coefficient (Wildman–Crippen LogP) is 30.8. The van der Waals surface area contributed by atoms with E-state index >= 15 is 0 Å². The zero-order valence-corrected chi connectivity index (χ0v) is 76.4. The van der Waals surface area contributed by atoms with E-state index in [0.29, 0.717) is 29.1 Å². The van der Waals surface area contributed by atoms with Gasteiger partial charge in [0, 0.05) is 68.2 Å². The lowest BCUT2D eigenvalue weighted by Crippen LogP contribution is -2.41. The first-order valence-electron chi connectivity index (χ1n) is 45.4. The number of hydrogen-bond acceptors (Lipinski definition) is 10. The molecule has 638 valence electrons. The van der Waals surface area contributed by atoms with Gasteiger partial charge in [0.1, 0.15) is 0 Å². The van der Waals surface area contributed by atoms with Crippen LogP contribution in [0.3, 0.4) is 0 Å². The van der Waals surface area contributed by atoms with E-state index < -0.39 is 10.8 Å². The molecule has 22 aromatic rings. The Bertz CT molecular complexity index is 8090. The van der Waals surface area contributed by atoms with Crippen LogP contribution < -0.4 is 5.46 Å². The highest BCUT2D eigenvalue weighted by molar-refractivity contribution is 7.26. The second-order valence-corrected chi connectivity index (χ2v) is 37.9. The van der Waals surface area contributed by atoms with E-state index in [2.05, 4.69) is 414 Å². The van der Waals surface area contributed by atoms with Gasteiger partial charge < -0.3 is 9.31 Å². The number of benzene rings is 18. The van der Waals surface area contributed by atoms with Crippen LogP contribution in [-0.2, 0) is 20.1 Å². The summed E-state index contributed by atoms with van der Waals surface area (Å²) in [6.45, 7) is 8.42. The molecular weight excluding hydrogens is 1690 g/mol. The van der Waals surface area contributed by atoms with Crippen LogP contribution >= 0.6 is 34.3 Å². The Morgan fingerprint density at radius 3 is 0.858 bits per heavy atom. The number of thiophene rings is 2. The second-order valence-electron chi connectivity index (χ2n) is 35.4. The molecule has 18 aromatic carbocycles. The average molecular weight is 1780 g/mol. The molecule has 5 heterocycles. The summed E-state index contributed by atoms with van der Waals surface area (Å²) in [4.78, 5) is 29.0. The number of fused-ring (bicyclic) bond motifs is 12. The molecule has 0 bridgehead atoms. The van der Waals surface area contributed by atoms with Crippen LogP contribution in [0.15, 0.2) is 449 Å². The van der Waals surface area contributed by atoms with Gasteiger partial charge >= 0.3 is 7.12 Å². The van der Waals surface area contributed by atoms with Gasteiger partial charge in [-0.3, -0.25) is 0 Å². The molecule has 12 heteroatoms. The molecule has 0 unspecified atom stereocenters. The number of aromatic nitrogens is 6. The first kappa shape index (κ1) is 83.1. The Morgan fingerprint density at radius 2 is 0.478 bits per heavy atom. The third-order valence-corrected chi connectivity index (χ3v) is 29.6. The van der Waals surface area contributed by atoms with Gasteiger partial charge in [-0.25, -0.2) is 19.9 Å². The Labute approximate surface area is 792 Å². The Kier molecular flexibility index (Phi) is 21.4. The fourth-order valence-corrected chi connectivity index (χ4v) is 22.2. The van der Waals surface area contributed by atoms with Crippen molar-refractivity contribution in [3.05, 3.63) is 499 Å². The van der Waals surface area contributed by atoms with Crippen molar-refractivity contribution in [3.63, 3.8) is 0 Å². The summed E-state index contributed by atoms with van der Waals surface area (Å²) in [6.07, 6.45) is 0. The van der Waals surface area contributed by atoms with Crippen molar-refractivity contribution in [3.8, 4) is 124 Å². The van der Waals surface area contributed by atoms with Crippen LogP contribution in [0.5, 0.6) is 0 Å². The van der Waals surface area contributed by atoms with Crippen LogP contribution in [0.4, 0.5) is 0 Å². The van der Waals surface area contributed by atoms with E-state index in [1.54, 1.807) is 0 Å². The molecule has 0 spiro atoms. The maximum Gasteiger partial charge on any atom is 0.494 e. The summed E-state index contributed by atoms with van der Waals surface area (Å²) in [6, 6.07) is 160. The largest absolute Gasteiger partial charge is 0.494 e. The molecule has 0 N–H and O–H groups in total. The van der Waals surface area contributed by atoms with Crippen LogP contribution in [0, 0.1) is 0 Å². The third kappa shape index (κ3) is 14.9. The van der Waals surface area contributed by atoms with Gasteiger partial charge in [-0.1, -0.05) is 400 Å². The highest BCUT2D eigenvalue weighted by Crippen LogP contribution is 2.59. The lowest BCUT2D eigenvalue weighted by molar-refractivity contribution is 0.00578.